The van der Waals surface area contributed by atoms with Crippen LogP contribution in [0.15, 0.2) is 24.3 Å². The highest BCUT2D eigenvalue weighted by atomic mass is 32.2. The van der Waals surface area contributed by atoms with Gasteiger partial charge in [-0.15, -0.1) is 12.6 Å². The molecule has 0 aliphatic carbocycles. The fraction of sp³-hybridized carbons (Fsp3) is 0.462. The monoisotopic (exact) mass is 395 g/mol. The van der Waals surface area contributed by atoms with Gasteiger partial charge >= 0.3 is 16.6 Å². The first kappa shape index (κ1) is 21.0. The minimum Gasteiger partial charge on any atom is -0.335 e. The molecule has 0 aromatic heterocycles. The molecule has 0 saturated carbocycles. The molecule has 1 aliphatic heterocycles. The van der Waals surface area contributed by atoms with E-state index in [2.05, 4.69) is 10.6 Å². The van der Waals surface area contributed by atoms with Crippen molar-refractivity contribution in [3.8, 4) is 0 Å². The van der Waals surface area contributed by atoms with Crippen LogP contribution in [-0.4, -0.2) is 56.8 Å². The van der Waals surface area contributed by atoms with Crippen molar-refractivity contribution < 1.29 is 30.2 Å². The molecule has 0 radical (unpaired) electrons. The molecular formula is C13H18FN3O6S2. The van der Waals surface area contributed by atoms with Crippen LogP contribution in [0.1, 0.15) is 12.8 Å². The third-order valence-electron chi connectivity index (χ3n) is 3.36. The van der Waals surface area contributed by atoms with Crippen LogP contribution in [0.3, 0.4) is 0 Å². The number of halogens is 1. The molecule has 140 valence electrons. The molecule has 1 heterocycles. The molecule has 1 fully saturated rings. The average molecular weight is 395 g/mol. The summed E-state index contributed by atoms with van der Waals surface area (Å²) >= 11 is 0. The molecule has 0 unspecified atom stereocenters. The van der Waals surface area contributed by atoms with Gasteiger partial charge in [0.2, 0.25) is 10.0 Å². The molecule has 2 N–H and O–H groups in total. The molecule has 1 aromatic rings. The van der Waals surface area contributed by atoms with Crippen molar-refractivity contribution in [1.82, 2.24) is 9.62 Å². The number of sulfonamides is 1. The predicted molar refractivity (Wildman–Crippen MR) is 87.7 cm³/mol. The first-order valence-corrected chi connectivity index (χ1v) is 9.97. The average Bonchev–Trinajstić information content (AvgIpc) is 2.48. The zero-order chi connectivity index (χ0) is 19.0. The standard InChI is InChI=1S/C13H18FN3O3S.O3S/c1-21(19,20)17-8-6-12(7-9-17)16-13(18)15-11-4-2-10(14)3-5-11;1-4(2)3/h2-5,12H,6-9H2,1H3,(H2,15,16,18);. The van der Waals surface area contributed by atoms with Crippen molar-refractivity contribution in [1.29, 1.82) is 0 Å². The Morgan fingerprint density at radius 1 is 1.16 bits per heavy atom. The molecule has 9 nitrogen and oxygen atoms in total. The van der Waals surface area contributed by atoms with E-state index in [0.717, 1.165) is 0 Å². The summed E-state index contributed by atoms with van der Waals surface area (Å²) in [5.74, 6) is -0.367. The van der Waals surface area contributed by atoms with Gasteiger partial charge in [0, 0.05) is 24.8 Å². The SMILES string of the molecule is CS(=O)(=O)N1CCC(NC(=O)Nc2ccc(F)cc2)CC1.O=S(=O)=O. The molecule has 12 heteroatoms. The number of rotatable bonds is 3. The number of urea groups is 1. The van der Waals surface area contributed by atoms with Gasteiger partial charge in [-0.2, -0.15) is 0 Å². The number of benzene rings is 1. The van der Waals surface area contributed by atoms with E-state index in [1.165, 1.54) is 34.8 Å². The summed E-state index contributed by atoms with van der Waals surface area (Å²) in [6.45, 7) is 0.806. The van der Waals surface area contributed by atoms with E-state index in [0.29, 0.717) is 31.6 Å². The number of amides is 2. The maximum Gasteiger partial charge on any atom is 0.425 e. The van der Waals surface area contributed by atoms with Gasteiger partial charge in [-0.1, -0.05) is 0 Å². The number of hydrogen-bond donors (Lipinski definition) is 2. The Bertz CT molecular complexity index is 781. The van der Waals surface area contributed by atoms with Crippen molar-refractivity contribution in [2.24, 2.45) is 0 Å². The fourth-order valence-electron chi connectivity index (χ4n) is 2.22. The summed E-state index contributed by atoms with van der Waals surface area (Å²) in [5, 5.41) is 5.40. The molecule has 25 heavy (non-hydrogen) atoms. The summed E-state index contributed by atoms with van der Waals surface area (Å²) in [7, 11) is -6.27. The van der Waals surface area contributed by atoms with E-state index in [4.69, 9.17) is 12.6 Å². The second-order valence-corrected chi connectivity index (χ2v) is 7.64. The van der Waals surface area contributed by atoms with E-state index >= 15 is 0 Å². The van der Waals surface area contributed by atoms with Gasteiger partial charge in [0.05, 0.1) is 6.26 Å². The molecule has 1 aliphatic rings. The molecule has 2 amide bonds. The second kappa shape index (κ2) is 9.44. The second-order valence-electron chi connectivity index (χ2n) is 5.25. The number of piperidine rings is 1. The lowest BCUT2D eigenvalue weighted by molar-refractivity contribution is 0.238. The fourth-order valence-corrected chi connectivity index (χ4v) is 3.09. The number of carbonyl (C=O) groups is 1. The first-order valence-electron chi connectivity index (χ1n) is 7.13. The Morgan fingerprint density at radius 2 is 1.64 bits per heavy atom. The summed E-state index contributed by atoms with van der Waals surface area (Å²) < 4.78 is 62.2. The number of nitrogens with one attached hydrogen (secondary N) is 2. The Labute approximate surface area is 146 Å². The lowest BCUT2D eigenvalue weighted by Gasteiger charge is -2.30. The largest absolute Gasteiger partial charge is 0.425 e. The van der Waals surface area contributed by atoms with Gasteiger partial charge in [0.1, 0.15) is 5.82 Å². The van der Waals surface area contributed by atoms with Gasteiger partial charge in [0.25, 0.3) is 0 Å². The Hall–Kier alpha value is -2.05. The normalized spacial score (nSPS) is 15.6. The summed E-state index contributed by atoms with van der Waals surface area (Å²) in [6.07, 6.45) is 2.33. The Morgan fingerprint density at radius 3 is 2.08 bits per heavy atom. The number of carbonyl (C=O) groups excluding carboxylic acids is 1. The van der Waals surface area contributed by atoms with Crippen molar-refractivity contribution >= 4 is 32.4 Å². The van der Waals surface area contributed by atoms with E-state index in [-0.39, 0.29) is 17.9 Å². The van der Waals surface area contributed by atoms with Gasteiger partial charge in [-0.25, -0.2) is 21.9 Å². The quantitative estimate of drug-likeness (QED) is 0.760. The van der Waals surface area contributed by atoms with Crippen LogP contribution in [0.25, 0.3) is 0 Å². The van der Waals surface area contributed by atoms with Gasteiger partial charge < -0.3 is 10.6 Å². The van der Waals surface area contributed by atoms with Crippen LogP contribution in [0.4, 0.5) is 14.9 Å². The zero-order valence-corrected chi connectivity index (χ0v) is 14.9. The topological polar surface area (TPSA) is 130 Å². The van der Waals surface area contributed by atoms with Crippen molar-refractivity contribution in [2.75, 3.05) is 24.7 Å². The summed E-state index contributed by atoms with van der Waals surface area (Å²) in [4.78, 5) is 11.8. The molecule has 1 saturated heterocycles. The van der Waals surface area contributed by atoms with Crippen molar-refractivity contribution in [3.63, 3.8) is 0 Å². The van der Waals surface area contributed by atoms with E-state index in [9.17, 15) is 17.6 Å². The van der Waals surface area contributed by atoms with Gasteiger partial charge in [0.15, 0.2) is 0 Å². The van der Waals surface area contributed by atoms with Crippen LogP contribution in [0.2, 0.25) is 0 Å². The molecular weight excluding hydrogens is 377 g/mol. The maximum absolute atomic E-state index is 12.7. The number of hydrogen-bond acceptors (Lipinski definition) is 6. The highest BCUT2D eigenvalue weighted by Gasteiger charge is 2.25. The third kappa shape index (κ3) is 8.56. The number of nitrogens with zero attached hydrogens (tertiary/aromatic N) is 1. The van der Waals surface area contributed by atoms with Gasteiger partial charge in [-0.05, 0) is 37.1 Å². The Kier molecular flexibility index (Phi) is 7.93. The van der Waals surface area contributed by atoms with Crippen LogP contribution in [0.5, 0.6) is 0 Å². The van der Waals surface area contributed by atoms with Crippen LogP contribution in [-0.2, 0) is 20.6 Å². The van der Waals surface area contributed by atoms with E-state index in [1.54, 1.807) is 0 Å². The summed E-state index contributed by atoms with van der Waals surface area (Å²) in [6, 6.07) is 5.03. The van der Waals surface area contributed by atoms with Crippen LogP contribution in [0, 0.1) is 5.82 Å². The van der Waals surface area contributed by atoms with E-state index < -0.39 is 20.6 Å². The highest BCUT2D eigenvalue weighted by Crippen LogP contribution is 2.14. The smallest absolute Gasteiger partial charge is 0.335 e. The molecule has 0 bridgehead atoms. The zero-order valence-electron chi connectivity index (χ0n) is 13.3. The minimum atomic E-state index is -3.16. The minimum absolute atomic E-state index is 0.0663. The summed E-state index contributed by atoms with van der Waals surface area (Å²) in [5.41, 5.74) is 0.502. The van der Waals surface area contributed by atoms with Crippen LogP contribution < -0.4 is 10.6 Å². The molecule has 1 aromatic carbocycles. The maximum atomic E-state index is 12.7. The molecule has 0 spiro atoms. The van der Waals surface area contributed by atoms with Crippen molar-refractivity contribution in [3.05, 3.63) is 30.1 Å². The van der Waals surface area contributed by atoms with Gasteiger partial charge in [-0.3, -0.25) is 0 Å². The van der Waals surface area contributed by atoms with Crippen molar-refractivity contribution in [2.45, 2.75) is 18.9 Å². The molecule has 0 atom stereocenters. The molecule has 2 rings (SSSR count). The lowest BCUT2D eigenvalue weighted by atomic mass is 10.1. The van der Waals surface area contributed by atoms with E-state index in [1.807, 2.05) is 0 Å². The number of anilines is 1. The lowest BCUT2D eigenvalue weighted by Crippen LogP contribution is -2.47. The third-order valence-corrected chi connectivity index (χ3v) is 4.66. The first-order chi connectivity index (χ1) is 11.6. The predicted octanol–water partition coefficient (Wildman–Crippen LogP) is 0.367. The van der Waals surface area contributed by atoms with Crippen LogP contribution >= 0.6 is 0 Å². The highest BCUT2D eigenvalue weighted by molar-refractivity contribution is 7.88. The Balaban J connectivity index is 0.000000705.